The molecule has 104 valence electrons. The zero-order valence-corrected chi connectivity index (χ0v) is 11.2. The van der Waals surface area contributed by atoms with Crippen LogP contribution in [0.3, 0.4) is 0 Å². The van der Waals surface area contributed by atoms with Crippen molar-refractivity contribution in [1.29, 1.82) is 0 Å². The van der Waals surface area contributed by atoms with Gasteiger partial charge in [0.05, 0.1) is 18.7 Å². The molecule has 0 bridgehead atoms. The lowest BCUT2D eigenvalue weighted by Crippen LogP contribution is -2.39. The zero-order chi connectivity index (χ0) is 13.7. The standard InChI is InChI=1S/C16H17NO3/c18-14(19)9-16(10-5-6-10)15-12(7-8-20-16)11-3-1-2-4-13(11)17-15/h1-4,10,17H,5-9H2,(H,18,19). The van der Waals surface area contributed by atoms with Gasteiger partial charge in [0.25, 0.3) is 0 Å². The molecule has 1 atom stereocenters. The van der Waals surface area contributed by atoms with Gasteiger partial charge in [0.1, 0.15) is 5.60 Å². The summed E-state index contributed by atoms with van der Waals surface area (Å²) in [6.45, 7) is 0.610. The van der Waals surface area contributed by atoms with Gasteiger partial charge in [-0.25, -0.2) is 0 Å². The molecular weight excluding hydrogens is 254 g/mol. The average Bonchev–Trinajstić information content (AvgIpc) is 3.21. The fourth-order valence-electron chi connectivity index (χ4n) is 3.61. The Kier molecular flexibility index (Phi) is 2.45. The van der Waals surface area contributed by atoms with Crippen molar-refractivity contribution in [3.63, 3.8) is 0 Å². The van der Waals surface area contributed by atoms with E-state index >= 15 is 0 Å². The van der Waals surface area contributed by atoms with Gasteiger partial charge in [-0.2, -0.15) is 0 Å². The lowest BCUT2D eigenvalue weighted by Gasteiger charge is -2.36. The fraction of sp³-hybridized carbons (Fsp3) is 0.438. The number of H-pyrrole nitrogens is 1. The van der Waals surface area contributed by atoms with Gasteiger partial charge in [-0.3, -0.25) is 4.79 Å². The minimum absolute atomic E-state index is 0.0531. The van der Waals surface area contributed by atoms with Crippen molar-refractivity contribution in [3.8, 4) is 0 Å². The highest BCUT2D eigenvalue weighted by molar-refractivity contribution is 5.85. The van der Waals surface area contributed by atoms with E-state index in [2.05, 4.69) is 11.1 Å². The predicted octanol–water partition coefficient (Wildman–Crippen LogP) is 2.82. The van der Waals surface area contributed by atoms with E-state index in [0.717, 1.165) is 30.5 Å². The summed E-state index contributed by atoms with van der Waals surface area (Å²) in [7, 11) is 0. The molecule has 1 aliphatic carbocycles. The lowest BCUT2D eigenvalue weighted by molar-refractivity contribution is -0.151. The van der Waals surface area contributed by atoms with Crippen LogP contribution >= 0.6 is 0 Å². The van der Waals surface area contributed by atoms with Crippen molar-refractivity contribution in [2.45, 2.75) is 31.3 Å². The summed E-state index contributed by atoms with van der Waals surface area (Å²) in [5.74, 6) is -0.450. The van der Waals surface area contributed by atoms with Crippen LogP contribution < -0.4 is 0 Å². The topological polar surface area (TPSA) is 62.3 Å². The van der Waals surface area contributed by atoms with Crippen molar-refractivity contribution in [2.75, 3.05) is 6.61 Å². The van der Waals surface area contributed by atoms with Gasteiger partial charge in [-0.1, -0.05) is 18.2 Å². The normalized spacial score (nSPS) is 25.6. The molecule has 0 saturated heterocycles. The number of aromatic nitrogens is 1. The summed E-state index contributed by atoms with van der Waals surface area (Å²) in [4.78, 5) is 14.8. The second-order valence-corrected chi connectivity index (χ2v) is 5.86. The van der Waals surface area contributed by atoms with Crippen LogP contribution in [-0.4, -0.2) is 22.7 Å². The van der Waals surface area contributed by atoms with E-state index in [1.54, 1.807) is 0 Å². The number of fused-ring (bicyclic) bond motifs is 3. The van der Waals surface area contributed by atoms with E-state index in [9.17, 15) is 9.90 Å². The molecule has 1 aromatic heterocycles. The van der Waals surface area contributed by atoms with Gasteiger partial charge in [-0.05, 0) is 36.8 Å². The molecule has 4 nitrogen and oxygen atoms in total. The highest BCUT2D eigenvalue weighted by Gasteiger charge is 2.52. The maximum Gasteiger partial charge on any atom is 0.306 e. The first-order chi connectivity index (χ1) is 9.71. The van der Waals surface area contributed by atoms with Crippen LogP contribution in [-0.2, 0) is 21.6 Å². The molecular formula is C16H17NO3. The molecule has 0 radical (unpaired) electrons. The molecule has 4 rings (SSSR count). The lowest BCUT2D eigenvalue weighted by atomic mass is 9.84. The van der Waals surface area contributed by atoms with E-state index in [1.807, 2.05) is 18.2 Å². The van der Waals surface area contributed by atoms with Gasteiger partial charge in [0.2, 0.25) is 0 Å². The molecule has 1 aromatic carbocycles. The number of carbonyl (C=O) groups is 1. The van der Waals surface area contributed by atoms with E-state index in [4.69, 9.17) is 4.74 Å². The number of carboxylic acid groups (broad SMARTS) is 1. The Labute approximate surface area is 116 Å². The number of nitrogens with one attached hydrogen (secondary N) is 1. The Bertz CT molecular complexity index is 686. The largest absolute Gasteiger partial charge is 0.481 e. The van der Waals surface area contributed by atoms with Crippen LogP contribution in [0.4, 0.5) is 0 Å². The minimum atomic E-state index is -0.789. The Morgan fingerprint density at radius 3 is 2.95 bits per heavy atom. The van der Waals surface area contributed by atoms with Gasteiger partial charge in [-0.15, -0.1) is 0 Å². The maximum absolute atomic E-state index is 11.3. The monoisotopic (exact) mass is 271 g/mol. The third-order valence-electron chi connectivity index (χ3n) is 4.60. The van der Waals surface area contributed by atoms with Gasteiger partial charge in [0, 0.05) is 10.9 Å². The summed E-state index contributed by atoms with van der Waals surface area (Å²) in [6, 6.07) is 8.18. The molecule has 2 heterocycles. The first kappa shape index (κ1) is 12.0. The van der Waals surface area contributed by atoms with Crippen molar-refractivity contribution >= 4 is 16.9 Å². The second-order valence-electron chi connectivity index (χ2n) is 5.86. The molecule has 1 saturated carbocycles. The Morgan fingerprint density at radius 2 is 2.20 bits per heavy atom. The van der Waals surface area contributed by atoms with E-state index in [-0.39, 0.29) is 6.42 Å². The van der Waals surface area contributed by atoms with E-state index in [0.29, 0.717) is 12.5 Å². The highest BCUT2D eigenvalue weighted by atomic mass is 16.5. The number of hydrogen-bond acceptors (Lipinski definition) is 2. The van der Waals surface area contributed by atoms with Gasteiger partial charge >= 0.3 is 5.97 Å². The molecule has 2 N–H and O–H groups in total. The van der Waals surface area contributed by atoms with Gasteiger partial charge < -0.3 is 14.8 Å². The van der Waals surface area contributed by atoms with Crippen molar-refractivity contribution in [1.82, 2.24) is 4.98 Å². The molecule has 1 fully saturated rings. The molecule has 2 aliphatic rings. The summed E-state index contributed by atoms with van der Waals surface area (Å²) < 4.78 is 6.04. The number of para-hydroxylation sites is 1. The molecule has 20 heavy (non-hydrogen) atoms. The third-order valence-corrected chi connectivity index (χ3v) is 4.60. The average molecular weight is 271 g/mol. The molecule has 0 spiro atoms. The quantitative estimate of drug-likeness (QED) is 0.902. The van der Waals surface area contributed by atoms with Gasteiger partial charge in [0.15, 0.2) is 0 Å². The summed E-state index contributed by atoms with van der Waals surface area (Å²) in [5, 5.41) is 10.5. The van der Waals surface area contributed by atoms with Crippen LogP contribution in [0.15, 0.2) is 24.3 Å². The number of aliphatic carboxylic acids is 1. The summed E-state index contributed by atoms with van der Waals surface area (Å²) in [6.07, 6.45) is 3.02. The predicted molar refractivity (Wildman–Crippen MR) is 74.6 cm³/mol. The maximum atomic E-state index is 11.3. The fourth-order valence-corrected chi connectivity index (χ4v) is 3.61. The minimum Gasteiger partial charge on any atom is -0.481 e. The number of carboxylic acids is 1. The molecule has 1 aliphatic heterocycles. The molecule has 1 unspecified atom stereocenters. The molecule has 2 aromatic rings. The second kappa shape index (κ2) is 4.09. The smallest absolute Gasteiger partial charge is 0.306 e. The molecule has 0 amide bonds. The third kappa shape index (κ3) is 1.61. The number of benzene rings is 1. The van der Waals surface area contributed by atoms with E-state index in [1.165, 1.54) is 10.9 Å². The Hall–Kier alpha value is -1.81. The zero-order valence-electron chi connectivity index (χ0n) is 11.2. The number of rotatable bonds is 3. The molecule has 4 heteroatoms. The summed E-state index contributed by atoms with van der Waals surface area (Å²) in [5.41, 5.74) is 2.70. The van der Waals surface area contributed by atoms with Crippen LogP contribution in [0.25, 0.3) is 10.9 Å². The van der Waals surface area contributed by atoms with Crippen LogP contribution in [0.2, 0.25) is 0 Å². The van der Waals surface area contributed by atoms with Crippen LogP contribution in [0, 0.1) is 5.92 Å². The van der Waals surface area contributed by atoms with Crippen LogP contribution in [0.5, 0.6) is 0 Å². The van der Waals surface area contributed by atoms with Crippen molar-refractivity contribution in [3.05, 3.63) is 35.5 Å². The summed E-state index contributed by atoms with van der Waals surface area (Å²) >= 11 is 0. The number of hydrogen-bond donors (Lipinski definition) is 2. The Morgan fingerprint density at radius 1 is 1.40 bits per heavy atom. The van der Waals surface area contributed by atoms with Crippen LogP contribution in [0.1, 0.15) is 30.5 Å². The van der Waals surface area contributed by atoms with Crippen molar-refractivity contribution in [2.24, 2.45) is 5.92 Å². The van der Waals surface area contributed by atoms with E-state index < -0.39 is 11.6 Å². The Balaban J connectivity index is 1.93. The first-order valence-corrected chi connectivity index (χ1v) is 7.16. The number of aromatic amines is 1. The SMILES string of the molecule is O=C(O)CC1(C2CC2)OCCc2c1[nH]c1ccccc21. The number of ether oxygens (including phenoxy) is 1. The first-order valence-electron chi connectivity index (χ1n) is 7.16. The highest BCUT2D eigenvalue weighted by Crippen LogP contribution is 2.53. The van der Waals surface area contributed by atoms with Crippen molar-refractivity contribution < 1.29 is 14.6 Å².